The van der Waals surface area contributed by atoms with E-state index in [2.05, 4.69) is 15.2 Å². The maximum absolute atomic E-state index is 12.8. The lowest BCUT2D eigenvalue weighted by Gasteiger charge is -2.39. The van der Waals surface area contributed by atoms with Crippen LogP contribution in [0.2, 0.25) is 0 Å². The second kappa shape index (κ2) is 13.9. The van der Waals surface area contributed by atoms with Gasteiger partial charge in [0.1, 0.15) is 0 Å². The van der Waals surface area contributed by atoms with Gasteiger partial charge in [0.15, 0.2) is 0 Å². The summed E-state index contributed by atoms with van der Waals surface area (Å²) in [7, 11) is 0. The van der Waals surface area contributed by atoms with Crippen LogP contribution in [0.4, 0.5) is 26.3 Å². The summed E-state index contributed by atoms with van der Waals surface area (Å²) in [5.74, 6) is -5.12. The SMILES string of the molecule is O=C(NCc1cccnc1)[C@H]1CN(Cc2ccoc2)C[C@H]2OCC[C@@H]12.O=C(O)C(F)(F)F.O=C(O)C(F)(F)F. The maximum atomic E-state index is 12.8. The van der Waals surface area contributed by atoms with Gasteiger partial charge in [0.2, 0.25) is 5.91 Å². The quantitative estimate of drug-likeness (QED) is 0.463. The molecule has 0 spiro atoms. The van der Waals surface area contributed by atoms with Gasteiger partial charge in [-0.25, -0.2) is 9.59 Å². The summed E-state index contributed by atoms with van der Waals surface area (Å²) in [6.07, 6.45) is -2.08. The third-order valence-electron chi connectivity index (χ3n) is 5.67. The Morgan fingerprint density at radius 3 is 2.18 bits per heavy atom. The molecule has 2 aliphatic heterocycles. The number of nitrogens with zero attached hydrogens (tertiary/aromatic N) is 2. The highest BCUT2D eigenvalue weighted by Crippen LogP contribution is 2.34. The molecule has 39 heavy (non-hydrogen) atoms. The van der Waals surface area contributed by atoms with Crippen LogP contribution < -0.4 is 5.32 Å². The number of hydrogen-bond donors (Lipinski definition) is 3. The Bertz CT molecular complexity index is 1040. The second-order valence-corrected chi connectivity index (χ2v) is 8.48. The van der Waals surface area contributed by atoms with Crippen LogP contribution >= 0.6 is 0 Å². The number of aromatic nitrogens is 1. The number of likely N-dealkylation sites (tertiary alicyclic amines) is 1. The number of halogens is 6. The average Bonchev–Trinajstić information content (AvgIpc) is 3.54. The zero-order valence-corrected chi connectivity index (χ0v) is 20.1. The Hall–Kier alpha value is -3.66. The number of piperidine rings is 1. The third-order valence-corrected chi connectivity index (χ3v) is 5.67. The van der Waals surface area contributed by atoms with E-state index in [0.717, 1.165) is 43.8 Å². The van der Waals surface area contributed by atoms with Crippen LogP contribution in [0.1, 0.15) is 17.5 Å². The molecule has 0 aromatic carbocycles. The predicted molar refractivity (Wildman–Crippen MR) is 119 cm³/mol. The van der Waals surface area contributed by atoms with Crippen molar-refractivity contribution in [1.82, 2.24) is 15.2 Å². The molecule has 216 valence electrons. The summed E-state index contributed by atoms with van der Waals surface area (Å²) in [6.45, 7) is 3.69. The molecule has 3 N–H and O–H groups in total. The van der Waals surface area contributed by atoms with E-state index in [1.165, 1.54) is 0 Å². The van der Waals surface area contributed by atoms with Crippen molar-refractivity contribution in [2.24, 2.45) is 11.8 Å². The number of alkyl halides is 6. The molecule has 0 saturated carbocycles. The first-order chi connectivity index (χ1) is 18.2. The molecule has 3 atom stereocenters. The van der Waals surface area contributed by atoms with Crippen LogP contribution in [0.25, 0.3) is 0 Å². The first-order valence-corrected chi connectivity index (χ1v) is 11.3. The van der Waals surface area contributed by atoms with E-state index in [1.54, 1.807) is 24.9 Å². The number of carbonyl (C=O) groups is 3. The maximum Gasteiger partial charge on any atom is 0.490 e. The predicted octanol–water partition coefficient (Wildman–Crippen LogP) is 3.09. The lowest BCUT2D eigenvalue weighted by atomic mass is 9.82. The minimum Gasteiger partial charge on any atom is -0.475 e. The first-order valence-electron chi connectivity index (χ1n) is 11.3. The summed E-state index contributed by atoms with van der Waals surface area (Å²) in [5, 5.41) is 17.3. The fourth-order valence-electron chi connectivity index (χ4n) is 3.93. The molecule has 0 unspecified atom stereocenters. The molecule has 4 rings (SSSR count). The molecule has 10 nitrogen and oxygen atoms in total. The second-order valence-electron chi connectivity index (χ2n) is 8.48. The Balaban J connectivity index is 0.000000317. The van der Waals surface area contributed by atoms with Crippen molar-refractivity contribution in [1.29, 1.82) is 0 Å². The third kappa shape index (κ3) is 10.6. The van der Waals surface area contributed by atoms with Crippen LogP contribution in [0.5, 0.6) is 0 Å². The van der Waals surface area contributed by atoms with Crippen LogP contribution in [0, 0.1) is 11.8 Å². The van der Waals surface area contributed by atoms with Crippen molar-refractivity contribution < 1.29 is 60.1 Å². The zero-order chi connectivity index (χ0) is 29.2. The largest absolute Gasteiger partial charge is 0.490 e. The Labute approximate surface area is 217 Å². The highest BCUT2D eigenvalue weighted by atomic mass is 19.4. The topological polar surface area (TPSA) is 142 Å². The number of carboxylic acid groups (broad SMARTS) is 2. The Kier molecular flexibility index (Phi) is 11.3. The summed E-state index contributed by atoms with van der Waals surface area (Å²) in [4.78, 5) is 37.0. The van der Waals surface area contributed by atoms with Gasteiger partial charge in [-0.2, -0.15) is 26.3 Å². The van der Waals surface area contributed by atoms with Crippen LogP contribution in [-0.2, 0) is 32.2 Å². The van der Waals surface area contributed by atoms with E-state index >= 15 is 0 Å². The summed E-state index contributed by atoms with van der Waals surface area (Å²) in [6, 6.07) is 5.83. The lowest BCUT2D eigenvalue weighted by molar-refractivity contribution is -0.193. The summed E-state index contributed by atoms with van der Waals surface area (Å²) in [5.41, 5.74) is 2.15. The van der Waals surface area contributed by atoms with Crippen molar-refractivity contribution >= 4 is 17.8 Å². The van der Waals surface area contributed by atoms with Crippen LogP contribution in [0.3, 0.4) is 0 Å². The normalized spacial score (nSPS) is 20.9. The van der Waals surface area contributed by atoms with Gasteiger partial charge in [0.25, 0.3) is 0 Å². The molecular formula is C23H25F6N3O7. The molecule has 2 fully saturated rings. The van der Waals surface area contributed by atoms with Gasteiger partial charge in [0, 0.05) is 56.7 Å². The molecule has 0 bridgehead atoms. The van der Waals surface area contributed by atoms with E-state index in [0.29, 0.717) is 12.5 Å². The molecule has 2 aromatic heterocycles. The number of furan rings is 1. The molecule has 2 saturated heterocycles. The fraction of sp³-hybridized carbons (Fsp3) is 0.478. The molecular weight excluding hydrogens is 544 g/mol. The van der Waals surface area contributed by atoms with Crippen molar-refractivity contribution in [3.8, 4) is 0 Å². The number of nitrogens with one attached hydrogen (secondary N) is 1. The van der Waals surface area contributed by atoms with Gasteiger partial charge in [-0.1, -0.05) is 6.07 Å². The monoisotopic (exact) mass is 569 g/mol. The molecule has 4 heterocycles. The lowest BCUT2D eigenvalue weighted by Crippen LogP contribution is -2.52. The number of hydrogen-bond acceptors (Lipinski definition) is 7. The van der Waals surface area contributed by atoms with Crippen molar-refractivity contribution in [3.05, 3.63) is 54.2 Å². The van der Waals surface area contributed by atoms with E-state index in [-0.39, 0.29) is 17.9 Å². The molecule has 1 amide bonds. The number of pyridine rings is 1. The minimum atomic E-state index is -5.08. The van der Waals surface area contributed by atoms with E-state index in [9.17, 15) is 31.1 Å². The molecule has 16 heteroatoms. The van der Waals surface area contributed by atoms with E-state index < -0.39 is 24.3 Å². The van der Waals surface area contributed by atoms with Gasteiger partial charge >= 0.3 is 24.3 Å². The van der Waals surface area contributed by atoms with Crippen LogP contribution in [0.15, 0.2) is 47.5 Å². The number of fused-ring (bicyclic) bond motifs is 1. The first kappa shape index (κ1) is 31.6. The van der Waals surface area contributed by atoms with Crippen LogP contribution in [-0.4, -0.2) is 76.1 Å². The number of rotatable bonds is 5. The number of carbonyl (C=O) groups excluding carboxylic acids is 1. The molecule has 0 radical (unpaired) electrons. The number of carboxylic acids is 2. The van der Waals surface area contributed by atoms with Gasteiger partial charge in [-0.3, -0.25) is 14.7 Å². The number of aliphatic carboxylic acids is 2. The highest BCUT2D eigenvalue weighted by molar-refractivity contribution is 5.79. The number of amides is 1. The van der Waals surface area contributed by atoms with Gasteiger partial charge in [-0.05, 0) is 24.1 Å². The molecule has 2 aromatic rings. The van der Waals surface area contributed by atoms with Gasteiger partial charge in [0.05, 0.1) is 24.5 Å². The van der Waals surface area contributed by atoms with Gasteiger partial charge in [-0.15, -0.1) is 0 Å². The van der Waals surface area contributed by atoms with Crippen molar-refractivity contribution in [3.63, 3.8) is 0 Å². The molecule has 2 aliphatic rings. The highest BCUT2D eigenvalue weighted by Gasteiger charge is 2.44. The standard InChI is InChI=1S/C19H23N3O3.2C2HF3O2/c23-19(21-9-14-2-1-5-20-8-14)17-11-22(10-15-3-6-24-13-15)12-18-16(17)4-7-25-18;2*3-2(4,5)1(6)7/h1-3,5-6,8,13,16-18H,4,7,9-12H2,(H,21,23);2*(H,6,7)/t16-,17-,18+;;/m0../s1. The fourth-order valence-corrected chi connectivity index (χ4v) is 3.93. The van der Waals surface area contributed by atoms with Gasteiger partial charge < -0.3 is 24.7 Å². The average molecular weight is 569 g/mol. The number of ether oxygens (including phenoxy) is 1. The minimum absolute atomic E-state index is 0.0372. The van der Waals surface area contributed by atoms with Crippen molar-refractivity contribution in [2.75, 3.05) is 19.7 Å². The Morgan fingerprint density at radius 2 is 1.67 bits per heavy atom. The smallest absolute Gasteiger partial charge is 0.475 e. The Morgan fingerprint density at radius 1 is 1.03 bits per heavy atom. The van der Waals surface area contributed by atoms with Crippen molar-refractivity contribution in [2.45, 2.75) is 38.0 Å². The zero-order valence-electron chi connectivity index (χ0n) is 20.1. The summed E-state index contributed by atoms with van der Waals surface area (Å²) < 4.78 is 74.5. The van der Waals surface area contributed by atoms with E-state index in [4.69, 9.17) is 29.0 Å². The summed E-state index contributed by atoms with van der Waals surface area (Å²) >= 11 is 0. The molecule has 0 aliphatic carbocycles. The van der Waals surface area contributed by atoms with E-state index in [1.807, 2.05) is 18.2 Å².